The number of aromatic nitrogens is 1. The first-order valence-electron chi connectivity index (χ1n) is 6.20. The summed E-state index contributed by atoms with van der Waals surface area (Å²) >= 11 is 11.8. The molecule has 0 radical (unpaired) electrons. The SMILES string of the molecule is Oc1c(Cl)cc(Cl)cc1/C=N/c1cc2ccccc2cn1. The fourth-order valence-corrected chi connectivity index (χ4v) is 2.47. The molecule has 1 heterocycles. The molecule has 0 bridgehead atoms. The van der Waals surface area contributed by atoms with E-state index >= 15 is 0 Å². The summed E-state index contributed by atoms with van der Waals surface area (Å²) in [7, 11) is 0. The van der Waals surface area contributed by atoms with E-state index in [2.05, 4.69) is 9.98 Å². The minimum absolute atomic E-state index is 0.0504. The standard InChI is InChI=1S/C16H10Cl2N2O/c17-13-5-12(16(21)14(18)7-13)9-20-15-6-10-3-1-2-4-11(10)8-19-15/h1-9,21H/b20-9+. The number of hydrogen-bond donors (Lipinski definition) is 1. The molecule has 5 heteroatoms. The molecule has 2 aromatic carbocycles. The Bertz CT molecular complexity index is 847. The van der Waals surface area contributed by atoms with Gasteiger partial charge in [-0.2, -0.15) is 0 Å². The van der Waals surface area contributed by atoms with Gasteiger partial charge in [0.25, 0.3) is 0 Å². The van der Waals surface area contributed by atoms with Gasteiger partial charge in [-0.3, -0.25) is 0 Å². The maximum absolute atomic E-state index is 9.87. The van der Waals surface area contributed by atoms with Gasteiger partial charge in [-0.05, 0) is 23.6 Å². The number of nitrogens with zero attached hydrogens (tertiary/aromatic N) is 2. The maximum Gasteiger partial charge on any atom is 0.152 e. The summed E-state index contributed by atoms with van der Waals surface area (Å²) in [5.41, 5.74) is 0.447. The topological polar surface area (TPSA) is 45.5 Å². The minimum atomic E-state index is -0.0504. The molecule has 0 unspecified atom stereocenters. The third-order valence-corrected chi connectivity index (χ3v) is 3.52. The molecule has 3 nitrogen and oxygen atoms in total. The molecular weight excluding hydrogens is 307 g/mol. The van der Waals surface area contributed by atoms with Crippen molar-refractivity contribution < 1.29 is 5.11 Å². The molecule has 104 valence electrons. The van der Waals surface area contributed by atoms with Gasteiger partial charge in [0.2, 0.25) is 0 Å². The Morgan fingerprint density at radius 1 is 1.05 bits per heavy atom. The summed E-state index contributed by atoms with van der Waals surface area (Å²) < 4.78 is 0. The Kier molecular flexibility index (Phi) is 3.78. The van der Waals surface area contributed by atoms with E-state index in [1.54, 1.807) is 12.3 Å². The highest BCUT2D eigenvalue weighted by molar-refractivity contribution is 6.36. The number of aliphatic imine (C=N–C) groups is 1. The van der Waals surface area contributed by atoms with Gasteiger partial charge in [0.15, 0.2) is 5.82 Å². The number of rotatable bonds is 2. The zero-order chi connectivity index (χ0) is 14.8. The first-order chi connectivity index (χ1) is 10.1. The van der Waals surface area contributed by atoms with Crippen LogP contribution in [0.1, 0.15) is 5.56 Å². The quantitative estimate of drug-likeness (QED) is 0.676. The van der Waals surface area contributed by atoms with Crippen molar-refractivity contribution in [3.63, 3.8) is 0 Å². The van der Waals surface area contributed by atoms with E-state index in [1.165, 1.54) is 12.3 Å². The fraction of sp³-hybridized carbons (Fsp3) is 0. The Morgan fingerprint density at radius 2 is 1.81 bits per heavy atom. The lowest BCUT2D eigenvalue weighted by Crippen LogP contribution is -1.85. The van der Waals surface area contributed by atoms with Crippen molar-refractivity contribution in [2.24, 2.45) is 4.99 Å². The molecule has 0 fully saturated rings. The van der Waals surface area contributed by atoms with Crippen molar-refractivity contribution in [3.05, 3.63) is 64.3 Å². The molecule has 0 aliphatic rings. The second kappa shape index (κ2) is 5.72. The average Bonchev–Trinajstić information content (AvgIpc) is 2.49. The Balaban J connectivity index is 1.98. The van der Waals surface area contributed by atoms with Crippen LogP contribution in [0.15, 0.2) is 53.7 Å². The first-order valence-corrected chi connectivity index (χ1v) is 6.96. The van der Waals surface area contributed by atoms with Crippen LogP contribution in [0, 0.1) is 0 Å². The maximum atomic E-state index is 9.87. The van der Waals surface area contributed by atoms with Gasteiger partial charge in [-0.25, -0.2) is 9.98 Å². The van der Waals surface area contributed by atoms with Gasteiger partial charge < -0.3 is 5.11 Å². The third-order valence-electron chi connectivity index (χ3n) is 3.01. The van der Waals surface area contributed by atoms with Crippen molar-refractivity contribution in [2.75, 3.05) is 0 Å². The van der Waals surface area contributed by atoms with Crippen LogP contribution in [0.2, 0.25) is 10.0 Å². The smallest absolute Gasteiger partial charge is 0.152 e. The van der Waals surface area contributed by atoms with Crippen LogP contribution in [0.4, 0.5) is 5.82 Å². The molecule has 3 aromatic rings. The highest BCUT2D eigenvalue weighted by Gasteiger charge is 2.06. The van der Waals surface area contributed by atoms with Gasteiger partial charge >= 0.3 is 0 Å². The Morgan fingerprint density at radius 3 is 2.62 bits per heavy atom. The van der Waals surface area contributed by atoms with Gasteiger partial charge in [0.1, 0.15) is 5.75 Å². The van der Waals surface area contributed by atoms with E-state index in [1.807, 2.05) is 30.3 Å². The van der Waals surface area contributed by atoms with Crippen LogP contribution >= 0.6 is 23.2 Å². The Hall–Kier alpha value is -2.10. The van der Waals surface area contributed by atoms with Crippen LogP contribution in [-0.4, -0.2) is 16.3 Å². The van der Waals surface area contributed by atoms with Gasteiger partial charge in [0, 0.05) is 28.4 Å². The number of hydrogen-bond acceptors (Lipinski definition) is 3. The molecule has 0 aliphatic carbocycles. The van der Waals surface area contributed by atoms with Crippen molar-refractivity contribution in [2.45, 2.75) is 0 Å². The van der Waals surface area contributed by atoms with Gasteiger partial charge in [-0.15, -0.1) is 0 Å². The average molecular weight is 317 g/mol. The number of phenols is 1. The second-order valence-electron chi connectivity index (χ2n) is 4.47. The van der Waals surface area contributed by atoms with E-state index in [9.17, 15) is 5.11 Å². The lowest BCUT2D eigenvalue weighted by molar-refractivity contribution is 0.475. The molecule has 3 rings (SSSR count). The predicted molar refractivity (Wildman–Crippen MR) is 87.1 cm³/mol. The molecule has 0 amide bonds. The van der Waals surface area contributed by atoms with E-state index in [0.717, 1.165) is 10.8 Å². The van der Waals surface area contributed by atoms with Gasteiger partial charge in [0.05, 0.1) is 5.02 Å². The zero-order valence-corrected chi connectivity index (χ0v) is 12.3. The molecule has 1 N–H and O–H groups in total. The highest BCUT2D eigenvalue weighted by Crippen LogP contribution is 2.30. The lowest BCUT2D eigenvalue weighted by Gasteiger charge is -2.02. The summed E-state index contributed by atoms with van der Waals surface area (Å²) in [6, 6.07) is 12.8. The van der Waals surface area contributed by atoms with Crippen LogP contribution in [0.25, 0.3) is 10.8 Å². The normalized spacial score (nSPS) is 11.3. The number of fused-ring (bicyclic) bond motifs is 1. The fourth-order valence-electron chi connectivity index (χ4n) is 1.96. The zero-order valence-electron chi connectivity index (χ0n) is 10.8. The summed E-state index contributed by atoms with van der Waals surface area (Å²) in [5.74, 6) is 0.495. The number of halogens is 2. The third kappa shape index (κ3) is 2.99. The lowest BCUT2D eigenvalue weighted by atomic mass is 10.2. The van der Waals surface area contributed by atoms with Crippen LogP contribution in [-0.2, 0) is 0 Å². The van der Waals surface area contributed by atoms with E-state index < -0.39 is 0 Å². The van der Waals surface area contributed by atoms with E-state index in [-0.39, 0.29) is 10.8 Å². The minimum Gasteiger partial charge on any atom is -0.506 e. The molecule has 0 atom stereocenters. The Labute approximate surface area is 131 Å². The van der Waals surface area contributed by atoms with Crippen molar-refractivity contribution in [1.82, 2.24) is 4.98 Å². The largest absolute Gasteiger partial charge is 0.506 e. The summed E-state index contributed by atoms with van der Waals surface area (Å²) in [6.07, 6.45) is 3.25. The van der Waals surface area contributed by atoms with E-state index in [4.69, 9.17) is 23.2 Å². The molecular formula is C16H10Cl2N2O. The van der Waals surface area contributed by atoms with E-state index in [0.29, 0.717) is 16.4 Å². The molecule has 21 heavy (non-hydrogen) atoms. The van der Waals surface area contributed by atoms with Crippen LogP contribution < -0.4 is 0 Å². The summed E-state index contributed by atoms with van der Waals surface area (Å²) in [4.78, 5) is 8.51. The molecule has 0 saturated heterocycles. The summed E-state index contributed by atoms with van der Waals surface area (Å²) in [6.45, 7) is 0. The summed E-state index contributed by atoms with van der Waals surface area (Å²) in [5, 5.41) is 12.6. The second-order valence-corrected chi connectivity index (χ2v) is 5.32. The van der Waals surface area contributed by atoms with Crippen LogP contribution in [0.5, 0.6) is 5.75 Å². The first kappa shape index (κ1) is 13.9. The van der Waals surface area contributed by atoms with Crippen molar-refractivity contribution >= 4 is 46.0 Å². The predicted octanol–water partition coefficient (Wildman–Crippen LogP) is 5.00. The number of phenolic OH excluding ortho intramolecular Hbond substituents is 1. The molecule has 0 spiro atoms. The van der Waals surface area contributed by atoms with Gasteiger partial charge in [-0.1, -0.05) is 47.5 Å². The number of aromatic hydroxyl groups is 1. The molecule has 0 aliphatic heterocycles. The number of pyridine rings is 1. The van der Waals surface area contributed by atoms with Crippen molar-refractivity contribution in [3.8, 4) is 5.75 Å². The monoisotopic (exact) mass is 316 g/mol. The van der Waals surface area contributed by atoms with Crippen molar-refractivity contribution in [1.29, 1.82) is 0 Å². The number of benzene rings is 2. The molecule has 0 saturated carbocycles. The highest BCUT2D eigenvalue weighted by atomic mass is 35.5. The molecule has 1 aromatic heterocycles. The van der Waals surface area contributed by atoms with Crippen LogP contribution in [0.3, 0.4) is 0 Å².